The zero-order valence-electron chi connectivity index (χ0n) is 18.0. The third-order valence-corrected chi connectivity index (χ3v) is 7.52. The van der Waals surface area contributed by atoms with Gasteiger partial charge in [0.15, 0.2) is 11.5 Å². The second kappa shape index (κ2) is 6.65. The summed E-state index contributed by atoms with van der Waals surface area (Å²) in [6.07, 6.45) is 3.16. The van der Waals surface area contributed by atoms with E-state index in [0.717, 1.165) is 31.5 Å². The van der Waals surface area contributed by atoms with Crippen LogP contribution in [0.2, 0.25) is 0 Å². The number of methoxy groups -OCH3 is 3. The predicted molar refractivity (Wildman–Crippen MR) is 111 cm³/mol. The molecule has 1 aliphatic carbocycles. The maximum absolute atomic E-state index is 14.0. The van der Waals surface area contributed by atoms with Crippen LogP contribution >= 0.6 is 0 Å². The fraction of sp³-hybridized carbons (Fsp3) is 0.565. The monoisotopic (exact) mass is 412 g/mol. The molecule has 2 amide bonds. The number of fused-ring (bicyclic) bond motifs is 3. The van der Waals surface area contributed by atoms with Crippen LogP contribution in [0, 0.1) is 11.8 Å². The van der Waals surface area contributed by atoms with Gasteiger partial charge in [-0.3, -0.25) is 4.79 Å². The van der Waals surface area contributed by atoms with Crippen molar-refractivity contribution in [1.82, 2.24) is 4.90 Å². The Hall–Kier alpha value is -2.70. The summed E-state index contributed by atoms with van der Waals surface area (Å²) in [6, 6.07) is 3.62. The molecule has 5 aliphatic rings. The fourth-order valence-electron chi connectivity index (χ4n) is 6.27. The van der Waals surface area contributed by atoms with Crippen LogP contribution in [0.5, 0.6) is 11.5 Å². The number of piperidine rings is 1. The smallest absolute Gasteiger partial charge is 0.420 e. The summed E-state index contributed by atoms with van der Waals surface area (Å²) in [4.78, 5) is 30.4. The first-order chi connectivity index (χ1) is 14.5. The molecule has 1 aromatic rings. The highest BCUT2D eigenvalue weighted by Gasteiger charge is 2.60. The molecule has 0 radical (unpaired) electrons. The number of nitrogens with zero attached hydrogens (tertiary/aromatic N) is 2. The Morgan fingerprint density at radius 2 is 1.93 bits per heavy atom. The van der Waals surface area contributed by atoms with E-state index in [-0.39, 0.29) is 5.91 Å². The topological polar surface area (TPSA) is 68.3 Å². The number of benzene rings is 1. The van der Waals surface area contributed by atoms with Crippen molar-refractivity contribution in [2.24, 2.45) is 11.8 Å². The Balaban J connectivity index is 1.79. The minimum Gasteiger partial charge on any atom is -0.493 e. The molecular formula is C23H28N2O5. The number of rotatable bonds is 3. The number of carbonyl (C=O) groups excluding carboxylic acids is 2. The minimum atomic E-state index is -0.832. The lowest BCUT2D eigenvalue weighted by Gasteiger charge is -2.55. The molecule has 4 bridgehead atoms. The summed E-state index contributed by atoms with van der Waals surface area (Å²) in [5.41, 5.74) is 3.09. The molecule has 1 aromatic carbocycles. The van der Waals surface area contributed by atoms with Crippen molar-refractivity contribution < 1.29 is 23.8 Å². The highest BCUT2D eigenvalue weighted by molar-refractivity contribution is 6.22. The molecule has 1 saturated heterocycles. The molecular weight excluding hydrogens is 384 g/mol. The fourth-order valence-corrected chi connectivity index (χ4v) is 6.27. The number of hydrogen-bond donors (Lipinski definition) is 0. The van der Waals surface area contributed by atoms with E-state index >= 15 is 0 Å². The van der Waals surface area contributed by atoms with Crippen molar-refractivity contribution in [3.8, 4) is 11.5 Å². The normalized spacial score (nSPS) is 28.9. The van der Waals surface area contributed by atoms with Gasteiger partial charge in [0, 0.05) is 30.4 Å². The summed E-state index contributed by atoms with van der Waals surface area (Å²) >= 11 is 0. The second-order valence-corrected chi connectivity index (χ2v) is 8.71. The van der Waals surface area contributed by atoms with Gasteiger partial charge >= 0.3 is 6.09 Å². The number of allylic oxidation sites excluding steroid dienone is 1. The first-order valence-corrected chi connectivity index (χ1v) is 10.7. The van der Waals surface area contributed by atoms with Gasteiger partial charge in [0.2, 0.25) is 0 Å². The highest BCUT2D eigenvalue weighted by Crippen LogP contribution is 2.60. The summed E-state index contributed by atoms with van der Waals surface area (Å²) in [7, 11) is 4.45. The lowest BCUT2D eigenvalue weighted by atomic mass is 9.60. The lowest BCUT2D eigenvalue weighted by molar-refractivity contribution is -0.122. The second-order valence-electron chi connectivity index (χ2n) is 8.71. The lowest BCUT2D eigenvalue weighted by Crippen LogP contribution is -2.56. The molecule has 4 aliphatic heterocycles. The Morgan fingerprint density at radius 1 is 1.20 bits per heavy atom. The zero-order chi connectivity index (χ0) is 21.2. The SMILES string of the molecule is CCC1CC2CC3=C1N(CCC31C(=O)N(C(=O)OC)c3cc(OC)c(OC)cc31)C2. The van der Waals surface area contributed by atoms with Crippen LogP contribution < -0.4 is 14.4 Å². The maximum atomic E-state index is 14.0. The van der Waals surface area contributed by atoms with Gasteiger partial charge in [-0.25, -0.2) is 9.69 Å². The molecule has 1 fully saturated rings. The highest BCUT2D eigenvalue weighted by atomic mass is 16.5. The number of carbonyl (C=O) groups is 2. The first-order valence-electron chi connectivity index (χ1n) is 10.7. The summed E-state index contributed by atoms with van der Waals surface area (Å²) < 4.78 is 16.0. The van der Waals surface area contributed by atoms with Crippen molar-refractivity contribution >= 4 is 17.7 Å². The van der Waals surface area contributed by atoms with Crippen molar-refractivity contribution in [2.45, 2.75) is 38.0 Å². The van der Waals surface area contributed by atoms with Gasteiger partial charge in [0.05, 0.1) is 27.0 Å². The Kier molecular flexibility index (Phi) is 4.27. The van der Waals surface area contributed by atoms with Crippen LogP contribution in [0.25, 0.3) is 0 Å². The molecule has 4 heterocycles. The van der Waals surface area contributed by atoms with E-state index < -0.39 is 11.5 Å². The molecule has 0 saturated carbocycles. The summed E-state index contributed by atoms with van der Waals surface area (Å²) in [5, 5.41) is 0. The molecule has 7 heteroatoms. The molecule has 3 unspecified atom stereocenters. The molecule has 0 N–H and O–H groups in total. The number of amides is 2. The third kappa shape index (κ3) is 2.26. The standard InChI is InChI=1S/C23H28N2O5/c1-5-14-8-13-9-16-20(14)24(12-13)7-6-23(16)15-10-18(28-2)19(29-3)11-17(15)25(21(23)26)22(27)30-4/h10-11,13-14H,5-9,12H2,1-4H3. The van der Waals surface area contributed by atoms with Crippen LogP contribution in [-0.2, 0) is 14.9 Å². The van der Waals surface area contributed by atoms with Crippen molar-refractivity contribution in [3.63, 3.8) is 0 Å². The predicted octanol–water partition coefficient (Wildman–Crippen LogP) is 3.46. The van der Waals surface area contributed by atoms with Gasteiger partial charge in [-0.2, -0.15) is 0 Å². The number of anilines is 1. The molecule has 6 rings (SSSR count). The van der Waals surface area contributed by atoms with Crippen LogP contribution in [0.1, 0.15) is 38.2 Å². The summed E-state index contributed by atoms with van der Waals surface area (Å²) in [6.45, 7) is 4.13. The average Bonchev–Trinajstić information content (AvgIpc) is 3.02. The number of imide groups is 1. The molecule has 0 aromatic heterocycles. The van der Waals surface area contributed by atoms with E-state index in [0.29, 0.717) is 35.4 Å². The van der Waals surface area contributed by atoms with E-state index in [1.165, 1.54) is 29.7 Å². The van der Waals surface area contributed by atoms with Gasteiger partial charge in [-0.05, 0) is 49.2 Å². The summed E-state index contributed by atoms with van der Waals surface area (Å²) in [5.74, 6) is 1.89. The van der Waals surface area contributed by atoms with Crippen LogP contribution in [0.4, 0.5) is 10.5 Å². The number of ether oxygens (including phenoxy) is 3. The van der Waals surface area contributed by atoms with E-state index in [1.807, 2.05) is 6.07 Å². The average molecular weight is 412 g/mol. The third-order valence-electron chi connectivity index (χ3n) is 7.52. The maximum Gasteiger partial charge on any atom is 0.420 e. The van der Waals surface area contributed by atoms with Gasteiger partial charge in [0.1, 0.15) is 5.41 Å². The molecule has 30 heavy (non-hydrogen) atoms. The first kappa shape index (κ1) is 19.3. The van der Waals surface area contributed by atoms with E-state index in [2.05, 4.69) is 11.8 Å². The van der Waals surface area contributed by atoms with Crippen LogP contribution in [0.3, 0.4) is 0 Å². The van der Waals surface area contributed by atoms with E-state index in [4.69, 9.17) is 14.2 Å². The zero-order valence-corrected chi connectivity index (χ0v) is 18.0. The van der Waals surface area contributed by atoms with Crippen molar-refractivity contribution in [3.05, 3.63) is 29.0 Å². The van der Waals surface area contributed by atoms with Crippen molar-refractivity contribution in [2.75, 3.05) is 39.3 Å². The quantitative estimate of drug-likeness (QED) is 0.757. The van der Waals surface area contributed by atoms with Gasteiger partial charge in [-0.1, -0.05) is 6.92 Å². The van der Waals surface area contributed by atoms with E-state index in [1.54, 1.807) is 20.3 Å². The van der Waals surface area contributed by atoms with Gasteiger partial charge in [0.25, 0.3) is 5.91 Å². The van der Waals surface area contributed by atoms with Gasteiger partial charge in [-0.15, -0.1) is 0 Å². The minimum absolute atomic E-state index is 0.204. The molecule has 1 spiro atoms. The molecule has 7 nitrogen and oxygen atoms in total. The van der Waals surface area contributed by atoms with Crippen LogP contribution in [-0.4, -0.2) is 51.3 Å². The van der Waals surface area contributed by atoms with Crippen molar-refractivity contribution in [1.29, 1.82) is 0 Å². The Labute approximate surface area is 176 Å². The van der Waals surface area contributed by atoms with E-state index in [9.17, 15) is 9.59 Å². The van der Waals surface area contributed by atoms with Crippen LogP contribution in [0.15, 0.2) is 23.4 Å². The Bertz CT molecular complexity index is 971. The number of hydrogen-bond acceptors (Lipinski definition) is 6. The van der Waals surface area contributed by atoms with Gasteiger partial charge < -0.3 is 19.1 Å². The largest absolute Gasteiger partial charge is 0.493 e. The molecule has 160 valence electrons. The Morgan fingerprint density at radius 3 is 2.60 bits per heavy atom. The molecule has 3 atom stereocenters.